The molecule has 1 amide bonds. The first-order chi connectivity index (χ1) is 9.00. The van der Waals surface area contributed by atoms with Gasteiger partial charge in [0.1, 0.15) is 0 Å². The van der Waals surface area contributed by atoms with E-state index in [9.17, 15) is 9.90 Å². The van der Waals surface area contributed by atoms with E-state index >= 15 is 0 Å². The number of nitrogen functional groups attached to an aromatic ring is 1. The number of nitrogens with zero attached hydrogens (tertiary/aromatic N) is 2. The molecule has 0 spiro atoms. The molecule has 0 aliphatic heterocycles. The molecule has 3 N–H and O–H groups in total. The van der Waals surface area contributed by atoms with Crippen LogP contribution in [-0.2, 0) is 6.54 Å². The molecule has 0 fully saturated rings. The fourth-order valence-corrected chi connectivity index (χ4v) is 2.53. The number of aromatic nitrogens is 1. The molecule has 2 rings (SSSR count). The number of benzene rings is 1. The van der Waals surface area contributed by atoms with E-state index in [1.165, 1.54) is 16.2 Å². The van der Waals surface area contributed by atoms with E-state index in [0.717, 1.165) is 10.6 Å². The Hall–Kier alpha value is -2.08. The van der Waals surface area contributed by atoms with Crippen LogP contribution < -0.4 is 5.73 Å². The molecule has 0 saturated carbocycles. The van der Waals surface area contributed by atoms with E-state index < -0.39 is 0 Å². The Morgan fingerprint density at radius 2 is 2.26 bits per heavy atom. The average Bonchev–Trinajstić information content (AvgIpc) is 2.77. The first-order valence-electron chi connectivity index (χ1n) is 5.72. The summed E-state index contributed by atoms with van der Waals surface area (Å²) in [5, 5.41) is 9.82. The Morgan fingerprint density at radius 3 is 2.89 bits per heavy atom. The molecule has 1 aromatic carbocycles. The fraction of sp³-hybridized carbons (Fsp3) is 0.231. The summed E-state index contributed by atoms with van der Waals surface area (Å²) in [5.74, 6) is -0.432. The second kappa shape index (κ2) is 5.27. The number of hydrogen-bond acceptors (Lipinski definition) is 5. The van der Waals surface area contributed by atoms with Gasteiger partial charge in [0.25, 0.3) is 5.91 Å². The monoisotopic (exact) mass is 277 g/mol. The van der Waals surface area contributed by atoms with Crippen LogP contribution in [0.5, 0.6) is 5.75 Å². The number of carbonyl (C=O) groups excluding carboxylic acids is 1. The van der Waals surface area contributed by atoms with Gasteiger partial charge in [-0.05, 0) is 19.1 Å². The fourth-order valence-electron chi connectivity index (χ4n) is 1.70. The topological polar surface area (TPSA) is 79.5 Å². The molecule has 0 bridgehead atoms. The number of thiazole rings is 1. The number of carbonyl (C=O) groups is 1. The van der Waals surface area contributed by atoms with Gasteiger partial charge < -0.3 is 15.7 Å². The average molecular weight is 277 g/mol. The van der Waals surface area contributed by atoms with Crippen molar-refractivity contribution in [2.75, 3.05) is 12.8 Å². The SMILES string of the molecule is Cc1ncsc1CN(C)C(=O)c1cccc(N)c1O. The molecule has 0 aliphatic rings. The van der Waals surface area contributed by atoms with Crippen molar-refractivity contribution in [3.63, 3.8) is 0 Å². The highest BCUT2D eigenvalue weighted by molar-refractivity contribution is 7.09. The Bertz CT molecular complexity index is 610. The minimum atomic E-state index is -0.266. The molecule has 1 aromatic heterocycles. The van der Waals surface area contributed by atoms with E-state index in [2.05, 4.69) is 4.98 Å². The standard InChI is InChI=1S/C13H15N3O2S/c1-8-11(19-7-15-8)6-16(2)13(18)9-4-3-5-10(14)12(9)17/h3-5,7,17H,6,14H2,1-2H3. The van der Waals surface area contributed by atoms with Crippen molar-refractivity contribution in [1.29, 1.82) is 0 Å². The number of aromatic hydroxyl groups is 1. The minimum Gasteiger partial charge on any atom is -0.505 e. The zero-order valence-corrected chi connectivity index (χ0v) is 11.6. The van der Waals surface area contributed by atoms with Crippen LogP contribution in [0.15, 0.2) is 23.7 Å². The molecule has 5 nitrogen and oxygen atoms in total. The van der Waals surface area contributed by atoms with Gasteiger partial charge in [0.15, 0.2) is 5.75 Å². The predicted molar refractivity (Wildman–Crippen MR) is 75.2 cm³/mol. The maximum absolute atomic E-state index is 12.2. The van der Waals surface area contributed by atoms with Crippen LogP contribution in [-0.4, -0.2) is 27.9 Å². The lowest BCUT2D eigenvalue weighted by Gasteiger charge is -2.17. The van der Waals surface area contributed by atoms with E-state index in [1.54, 1.807) is 30.8 Å². The molecule has 0 radical (unpaired) electrons. The van der Waals surface area contributed by atoms with Crippen LogP contribution >= 0.6 is 11.3 Å². The van der Waals surface area contributed by atoms with Gasteiger partial charge in [-0.25, -0.2) is 4.98 Å². The van der Waals surface area contributed by atoms with Gasteiger partial charge >= 0.3 is 0 Å². The first kappa shape index (κ1) is 13.4. The zero-order chi connectivity index (χ0) is 14.0. The summed E-state index contributed by atoms with van der Waals surface area (Å²) >= 11 is 1.51. The van der Waals surface area contributed by atoms with Crippen molar-refractivity contribution in [2.45, 2.75) is 13.5 Å². The minimum absolute atomic E-state index is 0.166. The molecular weight excluding hydrogens is 262 g/mol. The van der Waals surface area contributed by atoms with Crippen LogP contribution in [0.3, 0.4) is 0 Å². The van der Waals surface area contributed by atoms with Crippen molar-refractivity contribution in [3.05, 3.63) is 39.8 Å². The summed E-state index contributed by atoms with van der Waals surface area (Å²) in [4.78, 5) is 19.0. The van der Waals surface area contributed by atoms with Gasteiger partial charge in [0, 0.05) is 11.9 Å². The molecule has 100 valence electrons. The van der Waals surface area contributed by atoms with Crippen molar-refractivity contribution in [3.8, 4) is 5.75 Å². The predicted octanol–water partition coefficient (Wildman–Crippen LogP) is 2.01. The number of para-hydroxylation sites is 1. The zero-order valence-electron chi connectivity index (χ0n) is 10.8. The first-order valence-corrected chi connectivity index (χ1v) is 6.60. The van der Waals surface area contributed by atoms with E-state index in [0.29, 0.717) is 6.54 Å². The second-order valence-electron chi connectivity index (χ2n) is 4.27. The molecule has 6 heteroatoms. The molecule has 0 aliphatic carbocycles. The second-order valence-corrected chi connectivity index (χ2v) is 5.20. The summed E-state index contributed by atoms with van der Waals surface area (Å²) in [7, 11) is 1.68. The van der Waals surface area contributed by atoms with Crippen molar-refractivity contribution < 1.29 is 9.90 Å². The number of phenols is 1. The van der Waals surface area contributed by atoms with Crippen LogP contribution in [0.4, 0.5) is 5.69 Å². The van der Waals surface area contributed by atoms with Crippen molar-refractivity contribution in [2.24, 2.45) is 0 Å². The van der Waals surface area contributed by atoms with Gasteiger partial charge in [-0.2, -0.15) is 0 Å². The van der Waals surface area contributed by atoms with Gasteiger partial charge in [-0.15, -0.1) is 11.3 Å². The van der Waals surface area contributed by atoms with Crippen LogP contribution in [0.1, 0.15) is 20.9 Å². The Morgan fingerprint density at radius 1 is 1.53 bits per heavy atom. The normalized spacial score (nSPS) is 10.4. The Kier molecular flexibility index (Phi) is 3.71. The summed E-state index contributed by atoms with van der Waals surface area (Å²) < 4.78 is 0. The molecular formula is C13H15N3O2S. The highest BCUT2D eigenvalue weighted by atomic mass is 32.1. The lowest BCUT2D eigenvalue weighted by molar-refractivity contribution is 0.0783. The highest BCUT2D eigenvalue weighted by Crippen LogP contribution is 2.26. The largest absolute Gasteiger partial charge is 0.505 e. The summed E-state index contributed by atoms with van der Waals surface area (Å²) in [6, 6.07) is 4.76. The van der Waals surface area contributed by atoms with E-state index in [4.69, 9.17) is 5.73 Å². The molecule has 2 aromatic rings. The Labute approximate surface area is 115 Å². The number of anilines is 1. The number of aryl methyl sites for hydroxylation is 1. The van der Waals surface area contributed by atoms with Gasteiger partial charge in [0.05, 0.1) is 29.0 Å². The van der Waals surface area contributed by atoms with E-state index in [-0.39, 0.29) is 22.9 Å². The Balaban J connectivity index is 2.20. The van der Waals surface area contributed by atoms with Crippen LogP contribution in [0, 0.1) is 6.92 Å². The number of phenolic OH excluding ortho intramolecular Hbond substituents is 1. The third kappa shape index (κ3) is 2.68. The van der Waals surface area contributed by atoms with Gasteiger partial charge in [-0.3, -0.25) is 4.79 Å². The quantitative estimate of drug-likeness (QED) is 0.664. The number of rotatable bonds is 3. The lowest BCUT2D eigenvalue weighted by atomic mass is 10.1. The molecule has 19 heavy (non-hydrogen) atoms. The smallest absolute Gasteiger partial charge is 0.257 e. The molecule has 0 saturated heterocycles. The maximum Gasteiger partial charge on any atom is 0.257 e. The maximum atomic E-state index is 12.2. The highest BCUT2D eigenvalue weighted by Gasteiger charge is 2.18. The van der Waals surface area contributed by atoms with E-state index in [1.807, 2.05) is 6.92 Å². The van der Waals surface area contributed by atoms with Crippen molar-refractivity contribution in [1.82, 2.24) is 9.88 Å². The third-order valence-electron chi connectivity index (χ3n) is 2.87. The third-order valence-corrected chi connectivity index (χ3v) is 3.79. The lowest BCUT2D eigenvalue weighted by Crippen LogP contribution is -2.26. The van der Waals surface area contributed by atoms with Crippen LogP contribution in [0.25, 0.3) is 0 Å². The molecule has 0 unspecified atom stereocenters. The molecule has 0 atom stereocenters. The number of amides is 1. The summed E-state index contributed by atoms with van der Waals surface area (Å²) in [6.07, 6.45) is 0. The molecule has 1 heterocycles. The summed E-state index contributed by atoms with van der Waals surface area (Å²) in [5.41, 5.74) is 8.67. The van der Waals surface area contributed by atoms with Gasteiger partial charge in [-0.1, -0.05) is 6.07 Å². The number of nitrogens with two attached hydrogens (primary N) is 1. The van der Waals surface area contributed by atoms with Crippen molar-refractivity contribution >= 4 is 22.9 Å². The summed E-state index contributed by atoms with van der Waals surface area (Å²) in [6.45, 7) is 2.37. The number of hydrogen-bond donors (Lipinski definition) is 2. The van der Waals surface area contributed by atoms with Crippen LogP contribution in [0.2, 0.25) is 0 Å². The van der Waals surface area contributed by atoms with Gasteiger partial charge in [0.2, 0.25) is 0 Å².